The number of aliphatic imine (C=N–C) groups is 1. The predicted octanol–water partition coefficient (Wildman–Crippen LogP) is 3.99. The van der Waals surface area contributed by atoms with Gasteiger partial charge in [-0.15, -0.1) is 24.0 Å². The molecule has 2 rings (SSSR count). The van der Waals surface area contributed by atoms with Crippen molar-refractivity contribution in [3.63, 3.8) is 0 Å². The Labute approximate surface area is 194 Å². The molecular formula is C21H34F3IN4O. The number of benzene rings is 1. The van der Waals surface area contributed by atoms with E-state index in [4.69, 9.17) is 4.74 Å². The van der Waals surface area contributed by atoms with E-state index >= 15 is 0 Å². The van der Waals surface area contributed by atoms with Crippen molar-refractivity contribution in [2.45, 2.75) is 38.8 Å². The van der Waals surface area contributed by atoms with Crippen molar-refractivity contribution in [2.75, 3.05) is 46.9 Å². The number of likely N-dealkylation sites (tertiary alicyclic amines) is 1. The van der Waals surface area contributed by atoms with E-state index in [2.05, 4.69) is 28.6 Å². The zero-order chi connectivity index (χ0) is 21.3. The number of rotatable bonds is 8. The number of guanidine groups is 1. The molecular weight excluding hydrogens is 508 g/mol. The predicted molar refractivity (Wildman–Crippen MR) is 126 cm³/mol. The Bertz CT molecular complexity index is 662. The van der Waals surface area contributed by atoms with Gasteiger partial charge in [0, 0.05) is 20.1 Å². The fraction of sp³-hybridized carbons (Fsp3) is 0.667. The molecule has 1 heterocycles. The summed E-state index contributed by atoms with van der Waals surface area (Å²) in [5, 5.41) is 6.62. The van der Waals surface area contributed by atoms with E-state index in [9.17, 15) is 13.2 Å². The third kappa shape index (κ3) is 9.72. The molecule has 5 nitrogen and oxygen atoms in total. The van der Waals surface area contributed by atoms with Crippen LogP contribution in [0.5, 0.6) is 5.75 Å². The lowest BCUT2D eigenvalue weighted by Gasteiger charge is -2.32. The van der Waals surface area contributed by atoms with Gasteiger partial charge in [-0.05, 0) is 63.2 Å². The number of ether oxygens (including phenoxy) is 1. The molecule has 1 aromatic carbocycles. The Morgan fingerprint density at radius 2 is 1.87 bits per heavy atom. The van der Waals surface area contributed by atoms with Gasteiger partial charge in [-0.25, -0.2) is 0 Å². The average Bonchev–Trinajstić information content (AvgIpc) is 2.67. The Morgan fingerprint density at radius 3 is 2.47 bits per heavy atom. The number of piperidine rings is 1. The number of hydrogen-bond acceptors (Lipinski definition) is 3. The second-order valence-corrected chi connectivity index (χ2v) is 7.61. The van der Waals surface area contributed by atoms with Crippen LogP contribution in [-0.4, -0.2) is 63.9 Å². The number of hydrogen-bond donors (Lipinski definition) is 2. The van der Waals surface area contributed by atoms with Gasteiger partial charge in [0.1, 0.15) is 5.75 Å². The van der Waals surface area contributed by atoms with E-state index in [0.717, 1.165) is 56.0 Å². The molecule has 0 radical (unpaired) electrons. The summed E-state index contributed by atoms with van der Waals surface area (Å²) in [6.45, 7) is 3.81. The lowest BCUT2D eigenvalue weighted by Crippen LogP contribution is -2.42. The smallest absolute Gasteiger partial charge is 0.401 e. The summed E-state index contributed by atoms with van der Waals surface area (Å²) < 4.78 is 42.8. The summed E-state index contributed by atoms with van der Waals surface area (Å²) in [4.78, 5) is 5.75. The van der Waals surface area contributed by atoms with Gasteiger partial charge in [0.05, 0.1) is 13.7 Å². The molecule has 1 aliphatic rings. The van der Waals surface area contributed by atoms with Crippen LogP contribution in [0.2, 0.25) is 0 Å². The molecule has 172 valence electrons. The van der Waals surface area contributed by atoms with E-state index < -0.39 is 12.7 Å². The molecule has 2 N–H and O–H groups in total. The molecule has 0 saturated carbocycles. The quantitative estimate of drug-likeness (QED) is 0.297. The van der Waals surface area contributed by atoms with Gasteiger partial charge in [0.2, 0.25) is 0 Å². The van der Waals surface area contributed by atoms with Crippen LogP contribution in [0, 0.1) is 12.8 Å². The normalized spacial score (nSPS) is 16.1. The number of aryl methyl sites for hydroxylation is 1. The van der Waals surface area contributed by atoms with Gasteiger partial charge < -0.3 is 15.4 Å². The van der Waals surface area contributed by atoms with Crippen molar-refractivity contribution in [3.05, 3.63) is 29.3 Å². The van der Waals surface area contributed by atoms with Gasteiger partial charge in [-0.2, -0.15) is 13.2 Å². The molecule has 0 aliphatic carbocycles. The Kier molecular flexibility index (Phi) is 11.8. The minimum Gasteiger partial charge on any atom is -0.496 e. The highest BCUT2D eigenvalue weighted by atomic mass is 127. The zero-order valence-corrected chi connectivity index (χ0v) is 20.3. The average molecular weight is 542 g/mol. The van der Waals surface area contributed by atoms with Gasteiger partial charge in [-0.1, -0.05) is 17.7 Å². The monoisotopic (exact) mass is 542 g/mol. The topological polar surface area (TPSA) is 48.9 Å². The number of methoxy groups -OCH3 is 1. The summed E-state index contributed by atoms with van der Waals surface area (Å²) in [6.07, 6.45) is -0.710. The molecule has 30 heavy (non-hydrogen) atoms. The number of nitrogens with zero attached hydrogens (tertiary/aromatic N) is 2. The van der Waals surface area contributed by atoms with E-state index in [1.54, 1.807) is 14.2 Å². The first-order valence-corrected chi connectivity index (χ1v) is 10.2. The Balaban J connectivity index is 0.00000450. The fourth-order valence-electron chi connectivity index (χ4n) is 3.72. The third-order valence-electron chi connectivity index (χ3n) is 5.30. The molecule has 9 heteroatoms. The lowest BCUT2D eigenvalue weighted by molar-refractivity contribution is -0.148. The Hall–Kier alpha value is -1.23. The van der Waals surface area contributed by atoms with E-state index in [1.807, 2.05) is 12.1 Å². The summed E-state index contributed by atoms with van der Waals surface area (Å²) in [5.74, 6) is 2.09. The van der Waals surface area contributed by atoms with E-state index in [1.165, 1.54) is 10.5 Å². The maximum Gasteiger partial charge on any atom is 0.401 e. The molecule has 1 aromatic rings. The summed E-state index contributed by atoms with van der Waals surface area (Å²) in [6, 6.07) is 6.14. The molecule has 1 fully saturated rings. The minimum atomic E-state index is -4.10. The van der Waals surface area contributed by atoms with Crippen LogP contribution in [0.15, 0.2) is 23.2 Å². The van der Waals surface area contributed by atoms with Crippen molar-refractivity contribution in [2.24, 2.45) is 10.9 Å². The third-order valence-corrected chi connectivity index (χ3v) is 5.30. The molecule has 0 amide bonds. The van der Waals surface area contributed by atoms with Crippen LogP contribution in [0.1, 0.15) is 30.4 Å². The minimum absolute atomic E-state index is 0. The molecule has 1 aliphatic heterocycles. The largest absolute Gasteiger partial charge is 0.496 e. The number of alkyl halides is 3. The van der Waals surface area contributed by atoms with Crippen molar-refractivity contribution >= 4 is 29.9 Å². The first-order valence-electron chi connectivity index (χ1n) is 10.2. The second-order valence-electron chi connectivity index (χ2n) is 7.61. The van der Waals surface area contributed by atoms with Crippen LogP contribution in [0.3, 0.4) is 0 Å². The highest BCUT2D eigenvalue weighted by Crippen LogP contribution is 2.24. The second kappa shape index (κ2) is 13.2. The standard InChI is InChI=1S/C21H33F3N4O.HI/c1-16-4-5-19(29-3)18(14-16)7-11-27-20(25-2)26-10-6-17-8-12-28(13-9-17)15-21(22,23)24;/h4-5,14,17H,6-13,15H2,1-3H3,(H2,25,26,27);1H. The SMILES string of the molecule is CN=C(NCCc1cc(C)ccc1OC)NCCC1CCN(CC(F)(F)F)CC1.I. The summed E-state index contributed by atoms with van der Waals surface area (Å²) in [5.41, 5.74) is 2.35. The molecule has 1 saturated heterocycles. The zero-order valence-electron chi connectivity index (χ0n) is 18.0. The maximum atomic E-state index is 12.5. The molecule has 0 spiro atoms. The van der Waals surface area contributed by atoms with E-state index in [-0.39, 0.29) is 24.0 Å². The van der Waals surface area contributed by atoms with Crippen molar-refractivity contribution in [1.82, 2.24) is 15.5 Å². The van der Waals surface area contributed by atoms with Crippen molar-refractivity contribution in [1.29, 1.82) is 0 Å². The molecule has 0 atom stereocenters. The van der Waals surface area contributed by atoms with E-state index in [0.29, 0.717) is 19.0 Å². The molecule has 0 aromatic heterocycles. The Morgan fingerprint density at radius 1 is 1.20 bits per heavy atom. The number of halogens is 4. The van der Waals surface area contributed by atoms with Crippen molar-refractivity contribution in [3.8, 4) is 5.75 Å². The summed E-state index contributed by atoms with van der Waals surface area (Å²) in [7, 11) is 3.41. The van der Waals surface area contributed by atoms with Crippen molar-refractivity contribution < 1.29 is 17.9 Å². The molecule has 0 unspecified atom stereocenters. The number of nitrogens with one attached hydrogen (secondary N) is 2. The fourth-order valence-corrected chi connectivity index (χ4v) is 3.72. The van der Waals surface area contributed by atoms with Crippen LogP contribution in [0.4, 0.5) is 13.2 Å². The van der Waals surface area contributed by atoms with Gasteiger partial charge >= 0.3 is 6.18 Å². The summed E-state index contributed by atoms with van der Waals surface area (Å²) >= 11 is 0. The highest BCUT2D eigenvalue weighted by Gasteiger charge is 2.32. The lowest BCUT2D eigenvalue weighted by atomic mass is 9.93. The van der Waals surface area contributed by atoms with Crippen LogP contribution in [-0.2, 0) is 6.42 Å². The maximum absolute atomic E-state index is 12.5. The first kappa shape index (κ1) is 26.8. The highest BCUT2D eigenvalue weighted by molar-refractivity contribution is 14.0. The first-order chi connectivity index (χ1) is 13.8. The molecule has 0 bridgehead atoms. The van der Waals surface area contributed by atoms with Crippen LogP contribution >= 0.6 is 24.0 Å². The van der Waals surface area contributed by atoms with Gasteiger partial charge in [0.15, 0.2) is 5.96 Å². The van der Waals surface area contributed by atoms with Crippen LogP contribution in [0.25, 0.3) is 0 Å². The van der Waals surface area contributed by atoms with Gasteiger partial charge in [0.25, 0.3) is 0 Å². The van der Waals surface area contributed by atoms with Crippen LogP contribution < -0.4 is 15.4 Å². The van der Waals surface area contributed by atoms with Gasteiger partial charge in [-0.3, -0.25) is 9.89 Å².